The van der Waals surface area contributed by atoms with Gasteiger partial charge in [-0.15, -0.1) is 10.2 Å². The SMILES string of the molecule is CCCCCC(CC)Nc1nnc2c(c1CO)CCCOCc1cc(OC)cc(O)c1-2. The van der Waals surface area contributed by atoms with Gasteiger partial charge in [0.15, 0.2) is 5.82 Å². The van der Waals surface area contributed by atoms with Crippen molar-refractivity contribution in [1.82, 2.24) is 10.2 Å². The number of phenolic OH excluding ortho intramolecular Hbond substituents is 1. The minimum Gasteiger partial charge on any atom is -0.507 e. The number of anilines is 1. The summed E-state index contributed by atoms with van der Waals surface area (Å²) in [4.78, 5) is 0. The molecule has 7 heteroatoms. The zero-order valence-corrected chi connectivity index (χ0v) is 18.9. The summed E-state index contributed by atoms with van der Waals surface area (Å²) in [6.45, 7) is 5.16. The maximum absolute atomic E-state index is 10.8. The van der Waals surface area contributed by atoms with Gasteiger partial charge in [0.05, 0.1) is 20.3 Å². The number of aliphatic hydroxyl groups is 1. The summed E-state index contributed by atoms with van der Waals surface area (Å²) in [7, 11) is 1.57. The summed E-state index contributed by atoms with van der Waals surface area (Å²) in [5, 5.41) is 33.6. The van der Waals surface area contributed by atoms with E-state index in [4.69, 9.17) is 9.47 Å². The Labute approximate surface area is 184 Å². The van der Waals surface area contributed by atoms with Crippen molar-refractivity contribution >= 4 is 5.82 Å². The molecule has 1 atom stereocenters. The molecule has 0 spiro atoms. The zero-order valence-electron chi connectivity index (χ0n) is 18.9. The number of unbranched alkanes of at least 4 members (excludes halogenated alkanes) is 2. The van der Waals surface area contributed by atoms with Crippen LogP contribution in [0.4, 0.5) is 5.82 Å². The predicted octanol–water partition coefficient (Wildman–Crippen LogP) is 4.58. The number of nitrogens with zero attached hydrogens (tertiary/aromatic N) is 2. The number of hydrogen-bond donors (Lipinski definition) is 3. The Kier molecular flexibility index (Phi) is 8.49. The summed E-state index contributed by atoms with van der Waals surface area (Å²) >= 11 is 0. The normalized spacial score (nSPS) is 14.6. The fourth-order valence-corrected chi connectivity index (χ4v) is 4.17. The van der Waals surface area contributed by atoms with Gasteiger partial charge in [0.25, 0.3) is 0 Å². The molecule has 2 aromatic rings. The molecule has 0 saturated carbocycles. The molecule has 3 N–H and O–H groups in total. The number of benzene rings is 1. The Morgan fingerprint density at radius 2 is 2.06 bits per heavy atom. The third kappa shape index (κ3) is 5.46. The van der Waals surface area contributed by atoms with Gasteiger partial charge in [-0.05, 0) is 42.9 Å². The molecule has 170 valence electrons. The zero-order chi connectivity index (χ0) is 22.2. The van der Waals surface area contributed by atoms with Gasteiger partial charge >= 0.3 is 0 Å². The Morgan fingerprint density at radius 1 is 1.23 bits per heavy atom. The first-order valence-electron chi connectivity index (χ1n) is 11.4. The second-order valence-electron chi connectivity index (χ2n) is 8.09. The Balaban J connectivity index is 2.04. The lowest BCUT2D eigenvalue weighted by atomic mass is 9.94. The molecule has 0 aliphatic carbocycles. The van der Waals surface area contributed by atoms with Gasteiger partial charge in [-0.25, -0.2) is 0 Å². The van der Waals surface area contributed by atoms with Gasteiger partial charge < -0.3 is 25.0 Å². The molecule has 3 rings (SSSR count). The van der Waals surface area contributed by atoms with Gasteiger partial charge in [-0.3, -0.25) is 0 Å². The van der Waals surface area contributed by atoms with E-state index in [1.807, 2.05) is 6.07 Å². The fourth-order valence-electron chi connectivity index (χ4n) is 4.17. The molecule has 31 heavy (non-hydrogen) atoms. The summed E-state index contributed by atoms with van der Waals surface area (Å²) in [6.07, 6.45) is 7.08. The van der Waals surface area contributed by atoms with Crippen molar-refractivity contribution < 1.29 is 19.7 Å². The number of methoxy groups -OCH3 is 1. The van der Waals surface area contributed by atoms with Crippen molar-refractivity contribution in [3.8, 4) is 22.8 Å². The Hall–Kier alpha value is -2.38. The third-order valence-corrected chi connectivity index (χ3v) is 5.95. The molecule has 2 heterocycles. The number of hydrogen-bond acceptors (Lipinski definition) is 7. The largest absolute Gasteiger partial charge is 0.507 e. The van der Waals surface area contributed by atoms with Crippen molar-refractivity contribution in [2.24, 2.45) is 0 Å². The number of rotatable bonds is 9. The van der Waals surface area contributed by atoms with Crippen LogP contribution >= 0.6 is 0 Å². The third-order valence-electron chi connectivity index (χ3n) is 5.95. The summed E-state index contributed by atoms with van der Waals surface area (Å²) in [6, 6.07) is 3.72. The highest BCUT2D eigenvalue weighted by Gasteiger charge is 2.24. The predicted molar refractivity (Wildman–Crippen MR) is 121 cm³/mol. The molecule has 1 aliphatic heterocycles. The minimum absolute atomic E-state index is 0.0750. The Bertz CT molecular complexity index is 872. The number of aromatic nitrogens is 2. The van der Waals surface area contributed by atoms with Crippen LogP contribution in [0.15, 0.2) is 12.1 Å². The molecule has 0 amide bonds. The van der Waals surface area contributed by atoms with Crippen LogP contribution in [0, 0.1) is 0 Å². The molecular weight excluding hydrogens is 394 g/mol. The van der Waals surface area contributed by atoms with Crippen LogP contribution in [0.5, 0.6) is 11.5 Å². The molecule has 0 fully saturated rings. The number of aromatic hydroxyl groups is 1. The number of aliphatic hydroxyl groups excluding tert-OH is 1. The van der Waals surface area contributed by atoms with E-state index in [-0.39, 0.29) is 18.4 Å². The van der Waals surface area contributed by atoms with E-state index in [1.165, 1.54) is 12.8 Å². The van der Waals surface area contributed by atoms with E-state index in [0.29, 0.717) is 42.5 Å². The van der Waals surface area contributed by atoms with Crippen molar-refractivity contribution in [2.45, 2.75) is 78.0 Å². The van der Waals surface area contributed by atoms with Gasteiger partial charge in [-0.1, -0.05) is 33.1 Å². The van der Waals surface area contributed by atoms with Gasteiger partial charge in [0.1, 0.15) is 17.2 Å². The lowest BCUT2D eigenvalue weighted by Crippen LogP contribution is -2.21. The van der Waals surface area contributed by atoms with E-state index in [1.54, 1.807) is 13.2 Å². The van der Waals surface area contributed by atoms with E-state index in [9.17, 15) is 10.2 Å². The molecule has 1 aliphatic rings. The highest BCUT2D eigenvalue weighted by Crippen LogP contribution is 2.40. The standard InChI is InChI=1S/C24H35N3O4/c1-4-6-7-9-17(5-2)25-24-20(14-28)19-10-8-11-31-15-16-12-18(30-3)13-21(29)22(16)23(19)26-27-24/h12-13,17,28-29H,4-11,14-15H2,1-3H3,(H,25,27). The fraction of sp³-hybridized carbons (Fsp3) is 0.583. The highest BCUT2D eigenvalue weighted by atomic mass is 16.5. The minimum atomic E-state index is -0.140. The maximum Gasteiger partial charge on any atom is 0.154 e. The van der Waals surface area contributed by atoms with Crippen LogP contribution in [0.3, 0.4) is 0 Å². The lowest BCUT2D eigenvalue weighted by molar-refractivity contribution is 0.119. The first kappa shape index (κ1) is 23.3. The van der Waals surface area contributed by atoms with Crippen molar-refractivity contribution in [3.05, 3.63) is 28.8 Å². The topological polar surface area (TPSA) is 96.7 Å². The van der Waals surface area contributed by atoms with Crippen molar-refractivity contribution in [2.75, 3.05) is 19.0 Å². The Morgan fingerprint density at radius 3 is 2.77 bits per heavy atom. The second-order valence-corrected chi connectivity index (χ2v) is 8.09. The van der Waals surface area contributed by atoms with Crippen LogP contribution in [0.25, 0.3) is 11.3 Å². The first-order chi connectivity index (χ1) is 15.1. The van der Waals surface area contributed by atoms with Crippen LogP contribution in [0.2, 0.25) is 0 Å². The molecule has 7 nitrogen and oxygen atoms in total. The van der Waals surface area contributed by atoms with Crippen LogP contribution in [-0.2, 0) is 24.4 Å². The van der Waals surface area contributed by atoms with E-state index in [0.717, 1.165) is 42.4 Å². The van der Waals surface area contributed by atoms with Gasteiger partial charge in [0, 0.05) is 29.8 Å². The van der Waals surface area contributed by atoms with E-state index >= 15 is 0 Å². The van der Waals surface area contributed by atoms with E-state index in [2.05, 4.69) is 29.4 Å². The summed E-state index contributed by atoms with van der Waals surface area (Å²) in [5.41, 5.74) is 3.67. The van der Waals surface area contributed by atoms with E-state index < -0.39 is 0 Å². The first-order valence-corrected chi connectivity index (χ1v) is 11.4. The molecule has 1 unspecified atom stereocenters. The molecule has 1 aromatic heterocycles. The van der Waals surface area contributed by atoms with Gasteiger partial charge in [0.2, 0.25) is 0 Å². The monoisotopic (exact) mass is 429 g/mol. The molecule has 0 saturated heterocycles. The number of nitrogens with one attached hydrogen (secondary N) is 1. The molecule has 0 bridgehead atoms. The van der Waals surface area contributed by atoms with Crippen LogP contribution < -0.4 is 10.1 Å². The average molecular weight is 430 g/mol. The summed E-state index contributed by atoms with van der Waals surface area (Å²) in [5.74, 6) is 1.28. The van der Waals surface area contributed by atoms with Gasteiger partial charge in [-0.2, -0.15) is 0 Å². The lowest BCUT2D eigenvalue weighted by Gasteiger charge is -2.22. The molecule has 0 radical (unpaired) electrons. The molecule has 1 aromatic carbocycles. The number of phenols is 1. The summed E-state index contributed by atoms with van der Waals surface area (Å²) < 4.78 is 11.1. The number of ether oxygens (including phenoxy) is 2. The quantitative estimate of drug-likeness (QED) is 0.502. The number of fused-ring (bicyclic) bond motifs is 3. The smallest absolute Gasteiger partial charge is 0.154 e. The maximum atomic E-state index is 10.8. The second kappa shape index (κ2) is 11.3. The molecular formula is C24H35N3O4. The highest BCUT2D eigenvalue weighted by molar-refractivity contribution is 5.76. The van der Waals surface area contributed by atoms with Crippen LogP contribution in [-0.4, -0.2) is 40.2 Å². The average Bonchev–Trinajstić information content (AvgIpc) is 2.87. The van der Waals surface area contributed by atoms with Crippen LogP contribution in [0.1, 0.15) is 69.1 Å². The van der Waals surface area contributed by atoms with Crippen molar-refractivity contribution in [1.29, 1.82) is 0 Å². The van der Waals surface area contributed by atoms with Crippen molar-refractivity contribution in [3.63, 3.8) is 0 Å².